The van der Waals surface area contributed by atoms with Crippen molar-refractivity contribution in [2.75, 3.05) is 0 Å². The number of aryl methyl sites for hydroxylation is 4. The van der Waals surface area contributed by atoms with Gasteiger partial charge in [0.05, 0.1) is 0 Å². The van der Waals surface area contributed by atoms with Gasteiger partial charge in [0.15, 0.2) is 0 Å². The zero-order chi connectivity index (χ0) is 15.8. The first-order chi connectivity index (χ1) is 9.73. The van der Waals surface area contributed by atoms with Crippen molar-refractivity contribution in [2.45, 2.75) is 53.6 Å². The van der Waals surface area contributed by atoms with E-state index < -0.39 is 0 Å². The van der Waals surface area contributed by atoms with Gasteiger partial charge >= 0.3 is 0 Å². The molecule has 0 aliphatic rings. The third-order valence-electron chi connectivity index (χ3n) is 4.00. The zero-order valence-electron chi connectivity index (χ0n) is 14.4. The standard InChI is InChI=1S/C20H27P/c1-14-10-8-11-15(2)18(14)21(20(5,6)7)19-16(3)12-9-13-17(19)4/h8-13H,1-7H3. The van der Waals surface area contributed by atoms with Gasteiger partial charge < -0.3 is 0 Å². The molecule has 0 N–H and O–H groups in total. The largest absolute Gasteiger partial charge is 0.0617 e. The van der Waals surface area contributed by atoms with E-state index in [0.29, 0.717) is 0 Å². The Balaban J connectivity index is 2.78. The zero-order valence-corrected chi connectivity index (χ0v) is 15.3. The summed E-state index contributed by atoms with van der Waals surface area (Å²) in [6.07, 6.45) is 0. The Kier molecular flexibility index (Phi) is 4.59. The molecule has 0 heterocycles. The SMILES string of the molecule is Cc1cccc(C)c1P(c1c(C)cccc1C)C(C)(C)C. The van der Waals surface area contributed by atoms with E-state index in [9.17, 15) is 0 Å². The summed E-state index contributed by atoms with van der Waals surface area (Å²) in [5.41, 5.74) is 5.72. The molecule has 2 aromatic carbocycles. The van der Waals surface area contributed by atoms with Crippen LogP contribution in [0.4, 0.5) is 0 Å². The summed E-state index contributed by atoms with van der Waals surface area (Å²) in [6.45, 7) is 16.2. The van der Waals surface area contributed by atoms with E-state index in [-0.39, 0.29) is 13.1 Å². The summed E-state index contributed by atoms with van der Waals surface area (Å²) < 4.78 is 0. The monoisotopic (exact) mass is 298 g/mol. The topological polar surface area (TPSA) is 0 Å². The summed E-state index contributed by atoms with van der Waals surface area (Å²) in [5.74, 6) is 0. The summed E-state index contributed by atoms with van der Waals surface area (Å²) in [5, 5.41) is 3.39. The predicted molar refractivity (Wildman–Crippen MR) is 97.8 cm³/mol. The molecule has 0 unspecified atom stereocenters. The van der Waals surface area contributed by atoms with Crippen molar-refractivity contribution in [1.82, 2.24) is 0 Å². The van der Waals surface area contributed by atoms with Gasteiger partial charge in [0.1, 0.15) is 0 Å². The maximum Gasteiger partial charge on any atom is -0.00988 e. The van der Waals surface area contributed by atoms with Crippen molar-refractivity contribution in [3.05, 3.63) is 58.7 Å². The average molecular weight is 298 g/mol. The Morgan fingerprint density at radius 3 is 1.14 bits per heavy atom. The van der Waals surface area contributed by atoms with Gasteiger partial charge in [-0.1, -0.05) is 57.2 Å². The molecule has 0 aromatic heterocycles. The highest BCUT2D eigenvalue weighted by atomic mass is 31.1. The smallest absolute Gasteiger partial charge is 0.00988 e. The van der Waals surface area contributed by atoms with E-state index >= 15 is 0 Å². The quantitative estimate of drug-likeness (QED) is 0.672. The molecule has 1 heteroatoms. The fraction of sp³-hybridized carbons (Fsp3) is 0.400. The van der Waals surface area contributed by atoms with Crippen LogP contribution >= 0.6 is 7.92 Å². The number of hydrogen-bond acceptors (Lipinski definition) is 0. The van der Waals surface area contributed by atoms with E-state index in [1.807, 2.05) is 0 Å². The first-order valence-corrected chi connectivity index (χ1v) is 9.00. The second-order valence-corrected chi connectivity index (χ2v) is 9.89. The number of hydrogen-bond donors (Lipinski definition) is 0. The molecule has 0 saturated carbocycles. The Morgan fingerprint density at radius 1 is 0.619 bits per heavy atom. The van der Waals surface area contributed by atoms with Gasteiger partial charge in [0, 0.05) is 0 Å². The molecular weight excluding hydrogens is 271 g/mol. The minimum atomic E-state index is -0.375. The Morgan fingerprint density at radius 2 is 0.905 bits per heavy atom. The lowest BCUT2D eigenvalue weighted by atomic mass is 10.1. The molecule has 0 nitrogen and oxygen atoms in total. The Labute approximate surface area is 131 Å². The van der Waals surface area contributed by atoms with Gasteiger partial charge in [-0.3, -0.25) is 0 Å². The van der Waals surface area contributed by atoms with Crippen LogP contribution in [0.25, 0.3) is 0 Å². The van der Waals surface area contributed by atoms with Crippen LogP contribution in [-0.2, 0) is 0 Å². The van der Waals surface area contributed by atoms with Gasteiger partial charge in [-0.05, 0) is 73.6 Å². The van der Waals surface area contributed by atoms with Crippen molar-refractivity contribution in [2.24, 2.45) is 0 Å². The van der Waals surface area contributed by atoms with E-state index in [0.717, 1.165) is 0 Å². The van der Waals surface area contributed by atoms with Crippen LogP contribution < -0.4 is 10.6 Å². The van der Waals surface area contributed by atoms with E-state index in [1.54, 1.807) is 10.6 Å². The van der Waals surface area contributed by atoms with Gasteiger partial charge in [-0.15, -0.1) is 0 Å². The van der Waals surface area contributed by atoms with Crippen LogP contribution in [0.3, 0.4) is 0 Å². The van der Waals surface area contributed by atoms with Gasteiger partial charge in [0.2, 0.25) is 0 Å². The normalized spacial score (nSPS) is 12.0. The summed E-state index contributed by atoms with van der Waals surface area (Å²) in [7, 11) is -0.375. The highest BCUT2D eigenvalue weighted by Gasteiger charge is 2.31. The van der Waals surface area contributed by atoms with E-state index in [4.69, 9.17) is 0 Å². The van der Waals surface area contributed by atoms with Gasteiger partial charge in [-0.25, -0.2) is 0 Å². The molecule has 21 heavy (non-hydrogen) atoms. The molecule has 112 valence electrons. The molecule has 0 aliphatic heterocycles. The van der Waals surface area contributed by atoms with Crippen molar-refractivity contribution in [1.29, 1.82) is 0 Å². The minimum Gasteiger partial charge on any atom is -0.0617 e. The van der Waals surface area contributed by atoms with Crippen molar-refractivity contribution in [3.8, 4) is 0 Å². The van der Waals surface area contributed by atoms with Crippen LogP contribution in [0.5, 0.6) is 0 Å². The molecule has 0 radical (unpaired) electrons. The maximum absolute atomic E-state index is 2.39. The highest BCUT2D eigenvalue weighted by molar-refractivity contribution is 7.74. The molecule has 0 spiro atoms. The molecule has 0 amide bonds. The van der Waals surface area contributed by atoms with E-state index in [1.165, 1.54) is 22.3 Å². The lowest BCUT2D eigenvalue weighted by Gasteiger charge is -2.36. The molecule has 0 saturated heterocycles. The van der Waals surface area contributed by atoms with Crippen LogP contribution in [0.2, 0.25) is 0 Å². The third kappa shape index (κ3) is 3.22. The second kappa shape index (κ2) is 5.93. The summed E-state index contributed by atoms with van der Waals surface area (Å²) in [6, 6.07) is 13.4. The summed E-state index contributed by atoms with van der Waals surface area (Å²) in [4.78, 5) is 0. The van der Waals surface area contributed by atoms with E-state index in [2.05, 4.69) is 84.9 Å². The Bertz CT molecular complexity index is 555. The van der Waals surface area contributed by atoms with Gasteiger partial charge in [-0.2, -0.15) is 0 Å². The average Bonchev–Trinajstić information content (AvgIpc) is 2.35. The lowest BCUT2D eigenvalue weighted by molar-refractivity contribution is 0.792. The minimum absolute atomic E-state index is 0.253. The maximum atomic E-state index is 2.39. The van der Waals surface area contributed by atoms with Gasteiger partial charge in [0.25, 0.3) is 0 Å². The number of rotatable bonds is 2. The first-order valence-electron chi connectivity index (χ1n) is 7.66. The van der Waals surface area contributed by atoms with Crippen LogP contribution in [0, 0.1) is 27.7 Å². The second-order valence-electron chi connectivity index (χ2n) is 6.99. The fourth-order valence-electron chi connectivity index (χ4n) is 3.10. The van der Waals surface area contributed by atoms with Crippen LogP contribution in [-0.4, -0.2) is 5.16 Å². The third-order valence-corrected chi connectivity index (χ3v) is 7.64. The van der Waals surface area contributed by atoms with Crippen molar-refractivity contribution < 1.29 is 0 Å². The number of benzene rings is 2. The van der Waals surface area contributed by atoms with Crippen molar-refractivity contribution in [3.63, 3.8) is 0 Å². The molecule has 0 aliphatic carbocycles. The van der Waals surface area contributed by atoms with Crippen molar-refractivity contribution >= 4 is 18.5 Å². The fourth-order valence-corrected chi connectivity index (χ4v) is 6.37. The first kappa shape index (κ1) is 16.2. The lowest BCUT2D eigenvalue weighted by Crippen LogP contribution is -2.31. The highest BCUT2D eigenvalue weighted by Crippen LogP contribution is 2.50. The molecular formula is C20H27P. The molecule has 2 rings (SSSR count). The molecule has 0 fully saturated rings. The van der Waals surface area contributed by atoms with Crippen LogP contribution in [0.15, 0.2) is 36.4 Å². The van der Waals surface area contributed by atoms with Crippen LogP contribution in [0.1, 0.15) is 43.0 Å². The Hall–Kier alpha value is -1.13. The summed E-state index contributed by atoms with van der Waals surface area (Å²) >= 11 is 0. The molecule has 2 aromatic rings. The molecule has 0 bridgehead atoms. The predicted octanol–water partition coefficient (Wildman–Crippen LogP) is 5.15. The molecule has 0 atom stereocenters.